The smallest absolute Gasteiger partial charge is 0.170 e. The lowest BCUT2D eigenvalue weighted by Gasteiger charge is -2.22. The van der Waals surface area contributed by atoms with Crippen LogP contribution in [0.5, 0.6) is 11.5 Å². The molecular weight excluding hydrogens is 436 g/mol. The van der Waals surface area contributed by atoms with Crippen LogP contribution in [0.15, 0.2) is 49.3 Å². The van der Waals surface area contributed by atoms with Gasteiger partial charge in [-0.2, -0.15) is 5.10 Å². The van der Waals surface area contributed by atoms with Crippen LogP contribution in [0, 0.1) is 11.6 Å². The molecule has 1 aliphatic rings. The fourth-order valence-corrected chi connectivity index (χ4v) is 4.22. The van der Waals surface area contributed by atoms with E-state index in [1.165, 1.54) is 30.3 Å². The molecule has 1 unspecified atom stereocenters. The van der Waals surface area contributed by atoms with Crippen molar-refractivity contribution in [2.45, 2.75) is 25.5 Å². The van der Waals surface area contributed by atoms with Crippen LogP contribution in [0.4, 0.5) is 8.78 Å². The van der Waals surface area contributed by atoms with Crippen molar-refractivity contribution in [2.24, 2.45) is 0 Å². The lowest BCUT2D eigenvalue weighted by molar-refractivity contribution is -0.0393. The first-order valence-corrected chi connectivity index (χ1v) is 10.7. The molecule has 0 aliphatic carbocycles. The van der Waals surface area contributed by atoms with Gasteiger partial charge in [0.1, 0.15) is 23.5 Å². The second-order valence-corrected chi connectivity index (χ2v) is 8.02. The van der Waals surface area contributed by atoms with E-state index in [1.807, 2.05) is 6.07 Å². The Morgan fingerprint density at radius 2 is 2.09 bits per heavy atom. The highest BCUT2D eigenvalue weighted by atomic mass is 35.5. The Balaban J connectivity index is 1.52. The summed E-state index contributed by atoms with van der Waals surface area (Å²) in [5.74, 6) is -0.813. The molecule has 4 aromatic rings. The second-order valence-electron chi connectivity index (χ2n) is 7.61. The Morgan fingerprint density at radius 1 is 1.22 bits per heavy atom. The van der Waals surface area contributed by atoms with Gasteiger partial charge in [0.15, 0.2) is 11.6 Å². The van der Waals surface area contributed by atoms with E-state index in [4.69, 9.17) is 21.1 Å². The number of ether oxygens (including phenoxy) is 2. The van der Waals surface area contributed by atoms with E-state index in [1.54, 1.807) is 17.1 Å². The molecule has 0 radical (unpaired) electrons. The summed E-state index contributed by atoms with van der Waals surface area (Å²) in [6, 6.07) is 7.31. The molecule has 32 heavy (non-hydrogen) atoms. The summed E-state index contributed by atoms with van der Waals surface area (Å²) in [6.45, 7) is 4.43. The van der Waals surface area contributed by atoms with Crippen molar-refractivity contribution in [3.8, 4) is 22.8 Å². The first-order valence-electron chi connectivity index (χ1n) is 10.3. The molecule has 0 spiro atoms. The number of aromatic amines is 1. The summed E-state index contributed by atoms with van der Waals surface area (Å²) in [6.07, 6.45) is 7.49. The average Bonchev–Trinajstić information content (AvgIpc) is 3.42. The van der Waals surface area contributed by atoms with Gasteiger partial charge < -0.3 is 14.5 Å². The van der Waals surface area contributed by atoms with Gasteiger partial charge in [-0.1, -0.05) is 24.3 Å². The number of halogens is 3. The van der Waals surface area contributed by atoms with E-state index in [9.17, 15) is 8.78 Å². The fourth-order valence-electron chi connectivity index (χ4n) is 3.99. The van der Waals surface area contributed by atoms with Crippen LogP contribution in [0.2, 0.25) is 5.02 Å². The molecule has 1 saturated heterocycles. The number of hydrogen-bond donors (Lipinski definition) is 1. The summed E-state index contributed by atoms with van der Waals surface area (Å²) in [5.41, 5.74) is 1.57. The summed E-state index contributed by atoms with van der Waals surface area (Å²) < 4.78 is 42.7. The molecule has 164 valence electrons. The predicted octanol–water partition coefficient (Wildman–Crippen LogP) is 7.10. The van der Waals surface area contributed by atoms with E-state index in [-0.39, 0.29) is 29.0 Å². The first-order chi connectivity index (χ1) is 15.5. The third kappa shape index (κ3) is 3.67. The van der Waals surface area contributed by atoms with Crippen LogP contribution in [0.1, 0.15) is 31.1 Å². The van der Waals surface area contributed by atoms with Gasteiger partial charge >= 0.3 is 0 Å². The molecule has 0 amide bonds. The monoisotopic (exact) mass is 455 g/mol. The number of rotatable bonds is 5. The fraction of sp³-hybridized carbons (Fsp3) is 0.208. The maximum atomic E-state index is 14.8. The van der Waals surface area contributed by atoms with Gasteiger partial charge in [-0.3, -0.25) is 0 Å². The standard InChI is InChI=1S/C24H20ClF2N3O2/c1-2-15-16-8-9-28-21(16)12-20(27)24(15)32-14-6-7-19(26)17(11-14)23-18(25)13-30(29-23)22-5-3-4-10-31-22/h2,6-9,11-13,22,28H,1,3-5,10H2. The lowest BCUT2D eigenvalue weighted by atomic mass is 10.1. The number of nitrogens with zero attached hydrogens (tertiary/aromatic N) is 2. The van der Waals surface area contributed by atoms with Gasteiger partial charge in [0, 0.05) is 47.1 Å². The number of H-pyrrole nitrogens is 1. The van der Waals surface area contributed by atoms with Crippen molar-refractivity contribution in [3.05, 3.63) is 71.5 Å². The minimum atomic E-state index is -0.558. The highest BCUT2D eigenvalue weighted by Crippen LogP contribution is 2.38. The minimum absolute atomic E-state index is 0.0110. The number of benzene rings is 2. The molecule has 5 rings (SSSR count). The Kier molecular flexibility index (Phi) is 5.45. The Morgan fingerprint density at radius 3 is 2.88 bits per heavy atom. The number of fused-ring (bicyclic) bond motifs is 1. The van der Waals surface area contributed by atoms with Crippen molar-refractivity contribution in [3.63, 3.8) is 0 Å². The van der Waals surface area contributed by atoms with Gasteiger partial charge in [0.2, 0.25) is 0 Å². The van der Waals surface area contributed by atoms with Gasteiger partial charge in [-0.25, -0.2) is 13.5 Å². The minimum Gasteiger partial charge on any atom is -0.454 e. The summed E-state index contributed by atoms with van der Waals surface area (Å²) >= 11 is 6.39. The van der Waals surface area contributed by atoms with Crippen LogP contribution in [0.3, 0.4) is 0 Å². The topological polar surface area (TPSA) is 52.1 Å². The van der Waals surface area contributed by atoms with Gasteiger partial charge in [0.05, 0.1) is 5.02 Å². The summed E-state index contributed by atoms with van der Waals surface area (Å²) in [7, 11) is 0. The molecule has 1 N–H and O–H groups in total. The molecule has 2 aromatic carbocycles. The van der Waals surface area contributed by atoms with E-state index < -0.39 is 11.6 Å². The summed E-state index contributed by atoms with van der Waals surface area (Å²) in [5, 5.41) is 5.53. The van der Waals surface area contributed by atoms with Crippen molar-refractivity contribution in [2.75, 3.05) is 6.61 Å². The molecule has 1 aliphatic heterocycles. The number of aromatic nitrogens is 3. The molecule has 1 fully saturated rings. The highest BCUT2D eigenvalue weighted by molar-refractivity contribution is 6.33. The Bertz CT molecular complexity index is 1310. The maximum Gasteiger partial charge on any atom is 0.170 e. The number of hydrogen-bond acceptors (Lipinski definition) is 3. The molecular formula is C24H20ClF2N3O2. The van der Waals surface area contributed by atoms with Crippen molar-refractivity contribution >= 4 is 28.6 Å². The Hall–Kier alpha value is -3.16. The first kappa shape index (κ1) is 20.7. The zero-order valence-corrected chi connectivity index (χ0v) is 17.8. The molecule has 5 nitrogen and oxygen atoms in total. The second kappa shape index (κ2) is 8.41. The highest BCUT2D eigenvalue weighted by Gasteiger charge is 2.22. The van der Waals surface area contributed by atoms with Crippen LogP contribution in [-0.2, 0) is 4.74 Å². The van der Waals surface area contributed by atoms with E-state index in [0.29, 0.717) is 22.7 Å². The van der Waals surface area contributed by atoms with Crippen LogP contribution in [-0.4, -0.2) is 21.4 Å². The number of nitrogens with one attached hydrogen (secondary N) is 1. The molecule has 0 bridgehead atoms. The maximum absolute atomic E-state index is 14.8. The van der Waals surface area contributed by atoms with E-state index >= 15 is 0 Å². The zero-order chi connectivity index (χ0) is 22.2. The molecule has 8 heteroatoms. The summed E-state index contributed by atoms with van der Waals surface area (Å²) in [4.78, 5) is 2.97. The van der Waals surface area contributed by atoms with E-state index in [2.05, 4.69) is 16.7 Å². The molecule has 0 saturated carbocycles. The SMILES string of the molecule is C=Cc1c(Oc2ccc(F)c(-c3nn(C4CCCCO4)cc3Cl)c2)c(F)cc2[nH]ccc12. The van der Waals surface area contributed by atoms with Crippen LogP contribution < -0.4 is 4.74 Å². The van der Waals surface area contributed by atoms with Crippen LogP contribution in [0.25, 0.3) is 28.2 Å². The third-order valence-corrected chi connectivity index (χ3v) is 5.83. The molecule has 2 aromatic heterocycles. The van der Waals surface area contributed by atoms with Gasteiger partial charge in [-0.05, 0) is 43.5 Å². The van der Waals surface area contributed by atoms with Crippen molar-refractivity contribution in [1.82, 2.24) is 14.8 Å². The molecule has 3 heterocycles. The van der Waals surface area contributed by atoms with Crippen LogP contribution >= 0.6 is 11.6 Å². The average molecular weight is 456 g/mol. The normalized spacial score (nSPS) is 16.4. The van der Waals surface area contributed by atoms with E-state index in [0.717, 1.165) is 24.6 Å². The largest absolute Gasteiger partial charge is 0.454 e. The zero-order valence-electron chi connectivity index (χ0n) is 17.1. The third-order valence-electron chi connectivity index (χ3n) is 5.56. The lowest BCUT2D eigenvalue weighted by Crippen LogP contribution is -2.18. The van der Waals surface area contributed by atoms with Gasteiger partial charge in [0.25, 0.3) is 0 Å². The quantitative estimate of drug-likeness (QED) is 0.349. The van der Waals surface area contributed by atoms with Crippen molar-refractivity contribution < 1.29 is 18.3 Å². The Labute approximate surface area is 188 Å². The molecule has 1 atom stereocenters. The van der Waals surface area contributed by atoms with Crippen molar-refractivity contribution in [1.29, 1.82) is 0 Å². The van der Waals surface area contributed by atoms with Gasteiger partial charge in [-0.15, -0.1) is 0 Å². The predicted molar refractivity (Wildman–Crippen MR) is 120 cm³/mol.